The zero-order chi connectivity index (χ0) is 10.9. The fraction of sp³-hybridized carbons (Fsp3) is 0.500. The molecule has 0 spiro atoms. The summed E-state index contributed by atoms with van der Waals surface area (Å²) in [5, 5.41) is 0. The molecule has 0 aliphatic rings. The molecule has 0 aromatic heterocycles. The molecule has 2 heteroatoms. The molecule has 1 aromatic rings. The van der Waals surface area contributed by atoms with Crippen LogP contribution >= 0.6 is 38.5 Å². The molecule has 0 aliphatic heterocycles. The number of rotatable bonds is 2. The Labute approximate surface area is 109 Å². The summed E-state index contributed by atoms with van der Waals surface area (Å²) in [6, 6.07) is 2.23. The number of aryl methyl sites for hydroxylation is 1. The SMILES string of the molecule is Cc1cc(Br)c(CC(C)C)c(C)c1I. The smallest absolute Gasteiger partial charge is 0.0213 e. The first-order valence-electron chi connectivity index (χ1n) is 4.87. The maximum absolute atomic E-state index is 3.66. The van der Waals surface area contributed by atoms with E-state index in [1.165, 1.54) is 24.7 Å². The number of hydrogen-bond donors (Lipinski definition) is 0. The van der Waals surface area contributed by atoms with Crippen molar-refractivity contribution in [3.8, 4) is 0 Å². The molecule has 0 radical (unpaired) electrons. The van der Waals surface area contributed by atoms with Crippen LogP contribution in [-0.2, 0) is 6.42 Å². The highest BCUT2D eigenvalue weighted by Gasteiger charge is 2.10. The van der Waals surface area contributed by atoms with Gasteiger partial charge in [0, 0.05) is 8.04 Å². The standard InChI is InChI=1S/C12H16BrI/c1-7(2)5-10-9(4)12(14)8(3)6-11(10)13/h6-7H,5H2,1-4H3. The van der Waals surface area contributed by atoms with Crippen molar-refractivity contribution in [1.82, 2.24) is 0 Å². The van der Waals surface area contributed by atoms with Crippen LogP contribution in [0.1, 0.15) is 30.5 Å². The van der Waals surface area contributed by atoms with Crippen LogP contribution in [0.2, 0.25) is 0 Å². The van der Waals surface area contributed by atoms with E-state index in [4.69, 9.17) is 0 Å². The Hall–Kier alpha value is 0.430. The quantitative estimate of drug-likeness (QED) is 0.655. The van der Waals surface area contributed by atoms with E-state index >= 15 is 0 Å². The van der Waals surface area contributed by atoms with Gasteiger partial charge in [-0.05, 0) is 71.5 Å². The lowest BCUT2D eigenvalue weighted by Gasteiger charge is -2.14. The monoisotopic (exact) mass is 366 g/mol. The van der Waals surface area contributed by atoms with Gasteiger partial charge in [0.25, 0.3) is 0 Å². The minimum atomic E-state index is 0.712. The largest absolute Gasteiger partial charge is 0.0625 e. The summed E-state index contributed by atoms with van der Waals surface area (Å²) in [5.41, 5.74) is 4.27. The molecule has 14 heavy (non-hydrogen) atoms. The lowest BCUT2D eigenvalue weighted by atomic mass is 9.97. The molecule has 0 saturated carbocycles. The van der Waals surface area contributed by atoms with Crippen molar-refractivity contribution >= 4 is 38.5 Å². The Morgan fingerprint density at radius 3 is 2.43 bits per heavy atom. The molecule has 1 aromatic carbocycles. The van der Waals surface area contributed by atoms with Gasteiger partial charge in [0.2, 0.25) is 0 Å². The van der Waals surface area contributed by atoms with Crippen LogP contribution in [0, 0.1) is 23.3 Å². The van der Waals surface area contributed by atoms with Crippen molar-refractivity contribution < 1.29 is 0 Å². The second kappa shape index (κ2) is 4.97. The Kier molecular flexibility index (Phi) is 4.44. The van der Waals surface area contributed by atoms with Crippen molar-refractivity contribution in [2.45, 2.75) is 34.1 Å². The molecular formula is C12H16BrI. The fourth-order valence-electron chi connectivity index (χ4n) is 1.61. The van der Waals surface area contributed by atoms with Gasteiger partial charge in [-0.2, -0.15) is 0 Å². The summed E-state index contributed by atoms with van der Waals surface area (Å²) in [6.45, 7) is 8.91. The highest BCUT2D eigenvalue weighted by molar-refractivity contribution is 14.1. The van der Waals surface area contributed by atoms with Gasteiger partial charge in [-0.3, -0.25) is 0 Å². The molecule has 0 amide bonds. The average Bonchev–Trinajstić information content (AvgIpc) is 2.09. The number of halogens is 2. The Morgan fingerprint density at radius 2 is 1.93 bits per heavy atom. The molecule has 78 valence electrons. The van der Waals surface area contributed by atoms with Crippen LogP contribution in [0.25, 0.3) is 0 Å². The Bertz CT molecular complexity index is 343. The van der Waals surface area contributed by atoms with Gasteiger partial charge in [0.05, 0.1) is 0 Å². The molecule has 0 bridgehead atoms. The first-order valence-corrected chi connectivity index (χ1v) is 6.74. The van der Waals surface area contributed by atoms with Crippen LogP contribution in [0.4, 0.5) is 0 Å². The summed E-state index contributed by atoms with van der Waals surface area (Å²) in [7, 11) is 0. The zero-order valence-electron chi connectivity index (χ0n) is 9.12. The van der Waals surface area contributed by atoms with E-state index in [1.807, 2.05) is 0 Å². The normalized spacial score (nSPS) is 11.1. The average molecular weight is 367 g/mol. The predicted octanol–water partition coefficient (Wildman–Crippen LogP) is 4.87. The summed E-state index contributed by atoms with van der Waals surface area (Å²) in [6.07, 6.45) is 1.16. The van der Waals surface area contributed by atoms with E-state index in [0.717, 1.165) is 6.42 Å². The molecule has 1 rings (SSSR count). The van der Waals surface area contributed by atoms with Crippen molar-refractivity contribution in [3.05, 3.63) is 30.8 Å². The molecule has 0 atom stereocenters. The topological polar surface area (TPSA) is 0 Å². The van der Waals surface area contributed by atoms with E-state index < -0.39 is 0 Å². The van der Waals surface area contributed by atoms with Gasteiger partial charge < -0.3 is 0 Å². The molecule has 0 N–H and O–H groups in total. The second-order valence-electron chi connectivity index (χ2n) is 4.19. The van der Waals surface area contributed by atoms with E-state index in [2.05, 4.69) is 72.3 Å². The van der Waals surface area contributed by atoms with Gasteiger partial charge >= 0.3 is 0 Å². The zero-order valence-corrected chi connectivity index (χ0v) is 12.9. The molecule has 0 unspecified atom stereocenters. The van der Waals surface area contributed by atoms with Gasteiger partial charge in [-0.15, -0.1) is 0 Å². The van der Waals surface area contributed by atoms with Crippen molar-refractivity contribution in [1.29, 1.82) is 0 Å². The van der Waals surface area contributed by atoms with E-state index in [0.29, 0.717) is 5.92 Å². The molecular weight excluding hydrogens is 351 g/mol. The first kappa shape index (κ1) is 12.5. The van der Waals surface area contributed by atoms with Crippen LogP contribution in [-0.4, -0.2) is 0 Å². The number of hydrogen-bond acceptors (Lipinski definition) is 0. The van der Waals surface area contributed by atoms with Crippen molar-refractivity contribution in [2.75, 3.05) is 0 Å². The second-order valence-corrected chi connectivity index (χ2v) is 6.12. The third-order valence-electron chi connectivity index (χ3n) is 2.37. The van der Waals surface area contributed by atoms with Crippen LogP contribution in [0.5, 0.6) is 0 Å². The molecule has 0 heterocycles. The van der Waals surface area contributed by atoms with E-state index in [9.17, 15) is 0 Å². The summed E-state index contributed by atoms with van der Waals surface area (Å²) < 4.78 is 2.67. The minimum Gasteiger partial charge on any atom is -0.0625 e. The van der Waals surface area contributed by atoms with Gasteiger partial charge in [-0.1, -0.05) is 29.8 Å². The summed E-state index contributed by atoms with van der Waals surface area (Å²) in [5.74, 6) is 0.712. The highest BCUT2D eigenvalue weighted by atomic mass is 127. The van der Waals surface area contributed by atoms with Crippen LogP contribution < -0.4 is 0 Å². The first-order chi connectivity index (χ1) is 6.43. The maximum Gasteiger partial charge on any atom is 0.0213 e. The Balaban J connectivity index is 3.22. The van der Waals surface area contributed by atoms with Crippen molar-refractivity contribution in [3.63, 3.8) is 0 Å². The molecule has 0 fully saturated rings. The molecule has 0 nitrogen and oxygen atoms in total. The minimum absolute atomic E-state index is 0.712. The fourth-order valence-corrected chi connectivity index (χ4v) is 2.89. The summed E-state index contributed by atoms with van der Waals surface area (Å²) >= 11 is 6.09. The number of benzene rings is 1. The van der Waals surface area contributed by atoms with Gasteiger partial charge in [0.15, 0.2) is 0 Å². The lowest BCUT2D eigenvalue weighted by molar-refractivity contribution is 0.642. The van der Waals surface area contributed by atoms with Crippen LogP contribution in [0.15, 0.2) is 10.5 Å². The van der Waals surface area contributed by atoms with Crippen molar-refractivity contribution in [2.24, 2.45) is 5.92 Å². The summed E-state index contributed by atoms with van der Waals surface area (Å²) in [4.78, 5) is 0. The van der Waals surface area contributed by atoms with Gasteiger partial charge in [-0.25, -0.2) is 0 Å². The lowest BCUT2D eigenvalue weighted by Crippen LogP contribution is -2.01. The van der Waals surface area contributed by atoms with Gasteiger partial charge in [0.1, 0.15) is 0 Å². The highest BCUT2D eigenvalue weighted by Crippen LogP contribution is 2.29. The molecule has 0 aliphatic carbocycles. The van der Waals surface area contributed by atoms with Crippen LogP contribution in [0.3, 0.4) is 0 Å². The molecule has 0 saturated heterocycles. The third kappa shape index (κ3) is 2.72. The Morgan fingerprint density at radius 1 is 1.36 bits per heavy atom. The third-order valence-corrected chi connectivity index (χ3v) is 4.74. The van der Waals surface area contributed by atoms with E-state index in [1.54, 1.807) is 0 Å². The van der Waals surface area contributed by atoms with E-state index in [-0.39, 0.29) is 0 Å². The maximum atomic E-state index is 3.66. The predicted molar refractivity (Wildman–Crippen MR) is 74.9 cm³/mol.